The van der Waals surface area contributed by atoms with Gasteiger partial charge in [0.05, 0.1) is 5.52 Å². The number of nitrogens with zero attached hydrogens (tertiary/aromatic N) is 4. The van der Waals surface area contributed by atoms with E-state index in [1.54, 1.807) is 0 Å². The molecule has 2 heterocycles. The minimum atomic E-state index is -4.86. The van der Waals surface area contributed by atoms with Crippen molar-refractivity contribution in [2.75, 3.05) is 38.1 Å². The van der Waals surface area contributed by atoms with Crippen molar-refractivity contribution in [3.63, 3.8) is 0 Å². The summed E-state index contributed by atoms with van der Waals surface area (Å²) in [6.07, 6.45) is -2.66. The fourth-order valence-electron chi connectivity index (χ4n) is 4.51. The van der Waals surface area contributed by atoms with Crippen molar-refractivity contribution >= 4 is 38.6 Å². The number of aromatic nitrogens is 2. The molecular weight excluding hydrogens is 527 g/mol. The molecule has 1 fully saturated rings. The van der Waals surface area contributed by atoms with Gasteiger partial charge < -0.3 is 15.1 Å². The zero-order valence-corrected chi connectivity index (χ0v) is 21.7. The summed E-state index contributed by atoms with van der Waals surface area (Å²) in [6.45, 7) is 6.27. The van der Waals surface area contributed by atoms with E-state index in [1.165, 1.54) is 0 Å². The molecular formula is C24H33BrF3N5O2. The molecule has 1 aromatic carbocycles. The van der Waals surface area contributed by atoms with E-state index in [2.05, 4.69) is 31.2 Å². The summed E-state index contributed by atoms with van der Waals surface area (Å²) in [5.74, 6) is -1.99. The van der Waals surface area contributed by atoms with E-state index >= 15 is 0 Å². The molecule has 1 aliphatic heterocycles. The predicted molar refractivity (Wildman–Crippen MR) is 133 cm³/mol. The molecule has 0 bridgehead atoms. The van der Waals surface area contributed by atoms with Crippen LogP contribution in [0.3, 0.4) is 0 Å². The highest BCUT2D eigenvalue weighted by Crippen LogP contribution is 2.25. The van der Waals surface area contributed by atoms with Gasteiger partial charge in [-0.15, -0.1) is 0 Å². The van der Waals surface area contributed by atoms with E-state index in [-0.39, 0.29) is 18.5 Å². The predicted octanol–water partition coefficient (Wildman–Crippen LogP) is 4.38. The van der Waals surface area contributed by atoms with Crippen molar-refractivity contribution in [2.45, 2.75) is 57.8 Å². The Hall–Kier alpha value is -2.14. The Morgan fingerprint density at radius 2 is 1.89 bits per heavy atom. The van der Waals surface area contributed by atoms with E-state index in [0.29, 0.717) is 62.9 Å². The molecule has 11 heteroatoms. The molecule has 0 spiro atoms. The van der Waals surface area contributed by atoms with Gasteiger partial charge in [0.15, 0.2) is 5.69 Å². The smallest absolute Gasteiger partial charge is 0.349 e. The number of hydrogen-bond acceptors (Lipinski definition) is 4. The number of para-hydroxylation sites is 1. The monoisotopic (exact) mass is 559 g/mol. The van der Waals surface area contributed by atoms with Crippen LogP contribution in [0.2, 0.25) is 0 Å². The van der Waals surface area contributed by atoms with Gasteiger partial charge in [0.2, 0.25) is 0 Å². The van der Waals surface area contributed by atoms with E-state index < -0.39 is 18.1 Å². The van der Waals surface area contributed by atoms with Crippen LogP contribution in [-0.2, 0) is 4.79 Å². The van der Waals surface area contributed by atoms with Crippen LogP contribution >= 0.6 is 15.9 Å². The number of halogens is 4. The van der Waals surface area contributed by atoms with Gasteiger partial charge in [0, 0.05) is 55.5 Å². The van der Waals surface area contributed by atoms with Gasteiger partial charge >= 0.3 is 12.1 Å². The number of piperidine rings is 1. The van der Waals surface area contributed by atoms with Crippen molar-refractivity contribution in [2.24, 2.45) is 0 Å². The van der Waals surface area contributed by atoms with Crippen LogP contribution < -0.4 is 5.32 Å². The highest BCUT2D eigenvalue weighted by atomic mass is 79.9. The fraction of sp³-hybridized carbons (Fsp3) is 0.625. The molecule has 1 aliphatic rings. The number of fused-ring (bicyclic) bond motifs is 1. The van der Waals surface area contributed by atoms with Crippen molar-refractivity contribution < 1.29 is 22.8 Å². The first-order valence-corrected chi connectivity index (χ1v) is 13.2. The molecule has 194 valence electrons. The van der Waals surface area contributed by atoms with Crippen molar-refractivity contribution in [1.29, 1.82) is 0 Å². The maximum absolute atomic E-state index is 13.1. The van der Waals surface area contributed by atoms with E-state index in [4.69, 9.17) is 0 Å². The topological polar surface area (TPSA) is 70.5 Å². The molecule has 0 saturated carbocycles. The van der Waals surface area contributed by atoms with Gasteiger partial charge in [-0.25, -0.2) is 0 Å². The Kier molecular flexibility index (Phi) is 9.57. The van der Waals surface area contributed by atoms with Crippen LogP contribution in [0.5, 0.6) is 0 Å². The molecule has 3 rings (SSSR count). The maximum atomic E-state index is 13.1. The summed E-state index contributed by atoms with van der Waals surface area (Å²) in [4.78, 5) is 27.9. The van der Waals surface area contributed by atoms with Crippen LogP contribution in [0.25, 0.3) is 10.9 Å². The average Bonchev–Trinajstić information content (AvgIpc) is 3.22. The third-order valence-electron chi connectivity index (χ3n) is 6.32. The molecule has 0 radical (unpaired) electrons. The zero-order chi connectivity index (χ0) is 25.6. The standard InChI is InChI=1S/C24H33BrF3N5O2/c1-17(2)33-20-8-4-3-7-19(20)21(30-33)22(34)29-12-16-31-14-9-18(10-15-31)32(13-6-5-11-25)23(35)24(26,27)28/h3-4,7-8,17-18H,5-6,9-16H2,1-2H3,(H,29,34). The van der Waals surface area contributed by atoms with Gasteiger partial charge in [-0.3, -0.25) is 14.3 Å². The highest BCUT2D eigenvalue weighted by Gasteiger charge is 2.44. The number of nitrogens with one attached hydrogen (secondary N) is 1. The Labute approximate surface area is 212 Å². The second kappa shape index (κ2) is 12.2. The van der Waals surface area contributed by atoms with E-state index in [9.17, 15) is 22.8 Å². The molecule has 1 saturated heterocycles. The van der Waals surface area contributed by atoms with E-state index in [0.717, 1.165) is 15.8 Å². The van der Waals surface area contributed by atoms with Crippen LogP contribution in [0, 0.1) is 0 Å². The molecule has 7 nitrogen and oxygen atoms in total. The summed E-state index contributed by atoms with van der Waals surface area (Å²) in [5, 5.41) is 8.93. The third-order valence-corrected chi connectivity index (χ3v) is 6.88. The lowest BCUT2D eigenvalue weighted by molar-refractivity contribution is -0.188. The Morgan fingerprint density at radius 3 is 2.51 bits per heavy atom. The first kappa shape index (κ1) is 27.4. The van der Waals surface area contributed by atoms with Gasteiger partial charge in [-0.05, 0) is 45.6 Å². The number of alkyl halides is 4. The van der Waals surface area contributed by atoms with Gasteiger partial charge in [-0.1, -0.05) is 34.1 Å². The number of unbranched alkanes of at least 4 members (excludes halogenated alkanes) is 1. The number of carbonyl (C=O) groups excluding carboxylic acids is 2. The van der Waals surface area contributed by atoms with Gasteiger partial charge in [-0.2, -0.15) is 18.3 Å². The third kappa shape index (κ3) is 6.97. The Morgan fingerprint density at radius 1 is 1.20 bits per heavy atom. The van der Waals surface area contributed by atoms with Crippen molar-refractivity contribution in [1.82, 2.24) is 24.9 Å². The lowest BCUT2D eigenvalue weighted by atomic mass is 10.0. The number of amides is 2. The van der Waals surface area contributed by atoms with Crippen LogP contribution in [0.15, 0.2) is 24.3 Å². The SMILES string of the molecule is CC(C)n1nc(C(=O)NCCN2CCC(N(CCCCBr)C(=O)C(F)(F)F)CC2)c2ccccc21. The molecule has 2 amide bonds. The maximum Gasteiger partial charge on any atom is 0.471 e. The molecule has 35 heavy (non-hydrogen) atoms. The number of rotatable bonds is 10. The first-order valence-electron chi connectivity index (χ1n) is 12.0. The van der Waals surface area contributed by atoms with Crippen molar-refractivity contribution in [3.05, 3.63) is 30.0 Å². The summed E-state index contributed by atoms with van der Waals surface area (Å²) >= 11 is 3.28. The Bertz CT molecular complexity index is 1000. The van der Waals surface area contributed by atoms with Gasteiger partial charge in [0.1, 0.15) is 0 Å². The second-order valence-electron chi connectivity index (χ2n) is 9.13. The van der Waals surface area contributed by atoms with Crippen LogP contribution in [-0.4, -0.2) is 81.7 Å². The molecule has 0 unspecified atom stereocenters. The molecule has 0 atom stereocenters. The summed E-state index contributed by atoms with van der Waals surface area (Å²) in [7, 11) is 0. The summed E-state index contributed by atoms with van der Waals surface area (Å²) in [5.41, 5.74) is 1.29. The van der Waals surface area contributed by atoms with Crippen LogP contribution in [0.1, 0.15) is 56.1 Å². The number of likely N-dealkylation sites (tertiary alicyclic amines) is 1. The zero-order valence-electron chi connectivity index (χ0n) is 20.2. The minimum Gasteiger partial charge on any atom is -0.349 e. The van der Waals surface area contributed by atoms with Crippen molar-refractivity contribution in [3.8, 4) is 0 Å². The quantitative estimate of drug-likeness (QED) is 0.346. The molecule has 1 N–H and O–H groups in total. The van der Waals surface area contributed by atoms with E-state index in [1.807, 2.05) is 42.8 Å². The summed E-state index contributed by atoms with van der Waals surface area (Å²) < 4.78 is 41.2. The lowest BCUT2D eigenvalue weighted by Crippen LogP contribution is -2.52. The average molecular weight is 560 g/mol. The number of carbonyl (C=O) groups is 2. The summed E-state index contributed by atoms with van der Waals surface area (Å²) in [6, 6.07) is 7.31. The number of hydrogen-bond donors (Lipinski definition) is 1. The highest BCUT2D eigenvalue weighted by molar-refractivity contribution is 9.09. The fourth-order valence-corrected chi connectivity index (χ4v) is 4.90. The molecule has 2 aromatic rings. The van der Waals surface area contributed by atoms with Crippen LogP contribution in [0.4, 0.5) is 13.2 Å². The molecule has 1 aromatic heterocycles. The lowest BCUT2D eigenvalue weighted by Gasteiger charge is -2.38. The number of benzene rings is 1. The minimum absolute atomic E-state index is 0.113. The Balaban J connectivity index is 1.52. The first-order chi connectivity index (χ1) is 16.6. The second-order valence-corrected chi connectivity index (χ2v) is 9.92. The normalized spacial score (nSPS) is 15.6. The van der Waals surface area contributed by atoms with Gasteiger partial charge in [0.25, 0.3) is 5.91 Å². The largest absolute Gasteiger partial charge is 0.471 e. The molecule has 0 aliphatic carbocycles.